The zero-order chi connectivity index (χ0) is 43.7. The van der Waals surface area contributed by atoms with Crippen LogP contribution in [0.15, 0.2) is 48.6 Å². The Morgan fingerprint density at radius 1 is 0.610 bits per heavy atom. The number of hydrogen-bond donors (Lipinski definition) is 4. The molecule has 0 aliphatic rings. The summed E-state index contributed by atoms with van der Waals surface area (Å²) in [5, 5.41) is 28.6. The zero-order valence-electron chi connectivity index (χ0n) is 37.2. The maximum absolute atomic E-state index is 12.6. The van der Waals surface area contributed by atoms with E-state index >= 15 is 0 Å². The maximum Gasteiger partial charge on any atom is 0.472 e. The molecular weight excluding hydrogens is 771 g/mol. The van der Waals surface area contributed by atoms with Crippen molar-refractivity contribution in [1.29, 1.82) is 0 Å². The lowest BCUT2D eigenvalue weighted by Gasteiger charge is -2.20. The van der Waals surface area contributed by atoms with Crippen LogP contribution in [0.2, 0.25) is 0 Å². The van der Waals surface area contributed by atoms with Crippen molar-refractivity contribution >= 4 is 19.8 Å². The molecule has 0 radical (unpaired) electrons. The van der Waals surface area contributed by atoms with Crippen LogP contribution in [-0.2, 0) is 32.7 Å². The Labute approximate surface area is 358 Å². The van der Waals surface area contributed by atoms with Gasteiger partial charge in [0.1, 0.15) is 12.7 Å². The van der Waals surface area contributed by atoms with Crippen LogP contribution in [0.3, 0.4) is 0 Å². The van der Waals surface area contributed by atoms with Crippen LogP contribution >= 0.6 is 7.82 Å². The lowest BCUT2D eigenvalue weighted by Crippen LogP contribution is -2.30. The second-order valence-corrected chi connectivity index (χ2v) is 17.6. The van der Waals surface area contributed by atoms with Crippen molar-refractivity contribution in [3.8, 4) is 0 Å². The normalized spacial score (nSPS) is 14.8. The molecule has 0 rings (SSSR count). The molecule has 0 aliphatic heterocycles. The molecule has 0 saturated carbocycles. The zero-order valence-corrected chi connectivity index (χ0v) is 38.1. The summed E-state index contributed by atoms with van der Waals surface area (Å²) in [5.41, 5.74) is 0. The van der Waals surface area contributed by atoms with Gasteiger partial charge >= 0.3 is 19.8 Å². The summed E-state index contributed by atoms with van der Waals surface area (Å²) >= 11 is 0. The number of esters is 2. The average molecular weight is 857 g/mol. The molecule has 11 nitrogen and oxygen atoms in total. The fourth-order valence-corrected chi connectivity index (χ4v) is 6.95. The van der Waals surface area contributed by atoms with Crippen LogP contribution < -0.4 is 0 Å². The summed E-state index contributed by atoms with van der Waals surface area (Å²) in [6.45, 7) is 4.48. The van der Waals surface area contributed by atoms with Crippen LogP contribution in [0.25, 0.3) is 0 Å². The number of phosphoric acid groups is 1. The number of allylic oxidation sites excluding steroid dienone is 7. The van der Waals surface area contributed by atoms with Crippen molar-refractivity contribution in [1.82, 2.24) is 0 Å². The number of unbranched alkanes of at least 4 members (excludes halogenated alkanes) is 17. The third kappa shape index (κ3) is 42.4. The summed E-state index contributed by atoms with van der Waals surface area (Å²) in [6.07, 6.45) is 39.7. The molecular formula is C47H85O11P. The molecule has 0 amide bonds. The number of carbonyl (C=O) groups excluding carboxylic acids is 2. The van der Waals surface area contributed by atoms with Gasteiger partial charge in [-0.2, -0.15) is 0 Å². The number of ether oxygens (including phenoxy) is 2. The van der Waals surface area contributed by atoms with E-state index in [1.807, 2.05) is 12.2 Å². The van der Waals surface area contributed by atoms with Crippen molar-refractivity contribution in [2.24, 2.45) is 5.92 Å². The number of aliphatic hydroxyl groups excluding tert-OH is 3. The number of rotatable bonds is 42. The highest BCUT2D eigenvalue weighted by Crippen LogP contribution is 2.43. The van der Waals surface area contributed by atoms with Crippen molar-refractivity contribution in [3.05, 3.63) is 48.6 Å². The summed E-state index contributed by atoms with van der Waals surface area (Å²) in [4.78, 5) is 35.1. The Bertz CT molecular complexity index is 1150. The summed E-state index contributed by atoms with van der Waals surface area (Å²) in [7, 11) is -4.67. The van der Waals surface area contributed by atoms with Gasteiger partial charge in [-0.25, -0.2) is 4.57 Å². The Hall–Kier alpha value is -2.11. The van der Waals surface area contributed by atoms with E-state index in [1.54, 1.807) is 12.2 Å². The van der Waals surface area contributed by atoms with Crippen molar-refractivity contribution < 1.29 is 52.9 Å². The smallest absolute Gasteiger partial charge is 0.462 e. The molecule has 0 spiro atoms. The van der Waals surface area contributed by atoms with E-state index in [2.05, 4.69) is 49.6 Å². The number of carbonyl (C=O) groups is 2. The van der Waals surface area contributed by atoms with Gasteiger partial charge in [0.25, 0.3) is 0 Å². The largest absolute Gasteiger partial charge is 0.472 e. The Kier molecular flexibility index (Phi) is 39.8. The van der Waals surface area contributed by atoms with Crippen LogP contribution in [0.1, 0.15) is 188 Å². The molecule has 0 aromatic heterocycles. The first-order valence-electron chi connectivity index (χ1n) is 23.1. The highest BCUT2D eigenvalue weighted by molar-refractivity contribution is 7.47. The average Bonchev–Trinajstić information content (AvgIpc) is 3.20. The van der Waals surface area contributed by atoms with Gasteiger partial charge in [-0.15, -0.1) is 0 Å². The lowest BCUT2D eigenvalue weighted by atomic mass is 10.0. The van der Waals surface area contributed by atoms with Gasteiger partial charge in [0.15, 0.2) is 6.10 Å². The fourth-order valence-electron chi connectivity index (χ4n) is 6.16. The highest BCUT2D eigenvalue weighted by atomic mass is 31.2. The molecule has 0 bridgehead atoms. The second-order valence-electron chi connectivity index (χ2n) is 16.1. The summed E-state index contributed by atoms with van der Waals surface area (Å²) in [5.74, 6) is -0.301. The van der Waals surface area contributed by atoms with Crippen molar-refractivity contribution in [3.63, 3.8) is 0 Å². The van der Waals surface area contributed by atoms with Gasteiger partial charge < -0.3 is 29.7 Å². The summed E-state index contributed by atoms with van der Waals surface area (Å²) < 4.78 is 32.6. The van der Waals surface area contributed by atoms with E-state index in [9.17, 15) is 29.3 Å². The predicted molar refractivity (Wildman–Crippen MR) is 239 cm³/mol. The molecule has 344 valence electrons. The van der Waals surface area contributed by atoms with Gasteiger partial charge in [0.05, 0.1) is 25.9 Å². The van der Waals surface area contributed by atoms with E-state index in [0.717, 1.165) is 44.4 Å². The monoisotopic (exact) mass is 857 g/mol. The maximum atomic E-state index is 12.6. The molecule has 4 atom stereocenters. The fraction of sp³-hybridized carbons (Fsp3) is 0.787. The molecule has 59 heavy (non-hydrogen) atoms. The van der Waals surface area contributed by atoms with Crippen LogP contribution in [0, 0.1) is 5.92 Å². The van der Waals surface area contributed by atoms with E-state index in [-0.39, 0.29) is 19.4 Å². The molecule has 0 fully saturated rings. The lowest BCUT2D eigenvalue weighted by molar-refractivity contribution is -0.161. The molecule has 0 heterocycles. The Balaban J connectivity index is 4.43. The van der Waals surface area contributed by atoms with E-state index in [1.165, 1.54) is 96.3 Å². The van der Waals surface area contributed by atoms with Crippen LogP contribution in [0.4, 0.5) is 0 Å². The minimum Gasteiger partial charge on any atom is -0.462 e. The van der Waals surface area contributed by atoms with Crippen LogP contribution in [0.5, 0.6) is 0 Å². The van der Waals surface area contributed by atoms with Crippen molar-refractivity contribution in [2.75, 3.05) is 26.4 Å². The molecule has 0 aromatic carbocycles. The number of aliphatic hydroxyl groups is 3. The Morgan fingerprint density at radius 2 is 1.15 bits per heavy atom. The molecule has 0 aromatic rings. The first-order valence-corrected chi connectivity index (χ1v) is 24.6. The van der Waals surface area contributed by atoms with Gasteiger partial charge in [-0.3, -0.25) is 18.6 Å². The van der Waals surface area contributed by atoms with E-state index in [4.69, 9.17) is 19.1 Å². The Morgan fingerprint density at radius 3 is 1.75 bits per heavy atom. The third-order valence-corrected chi connectivity index (χ3v) is 10.7. The molecule has 0 aliphatic carbocycles. The predicted octanol–water partition coefficient (Wildman–Crippen LogP) is 11.3. The van der Waals surface area contributed by atoms with E-state index in [0.29, 0.717) is 19.3 Å². The topological polar surface area (TPSA) is 169 Å². The molecule has 12 heteroatoms. The van der Waals surface area contributed by atoms with Gasteiger partial charge in [-0.05, 0) is 50.9 Å². The first kappa shape index (κ1) is 56.9. The summed E-state index contributed by atoms with van der Waals surface area (Å²) in [6, 6.07) is 0. The molecule has 1 unspecified atom stereocenters. The quantitative estimate of drug-likeness (QED) is 0.0151. The van der Waals surface area contributed by atoms with Crippen molar-refractivity contribution in [2.45, 2.75) is 206 Å². The number of phosphoric ester groups is 1. The van der Waals surface area contributed by atoms with E-state index < -0.39 is 57.9 Å². The minimum absolute atomic E-state index is 0.0439. The number of hydrogen-bond acceptors (Lipinski definition) is 10. The van der Waals surface area contributed by atoms with Gasteiger partial charge in [0.2, 0.25) is 0 Å². The van der Waals surface area contributed by atoms with Crippen LogP contribution in [-0.4, -0.2) is 76.9 Å². The standard InChI is InChI=1S/C47H85O11P/c1-4-5-6-7-8-9-10-14-18-21-24-27-30-34-43(49)35-32-37-47(52)58-45(41-57-59(53,54)56-39-44(50)38-48)40-55-46(51)36-31-28-25-22-19-16-13-11-12-15-17-20-23-26-29-33-42(2)3/h8-9,14,18,24,27,30,34,42-45,48-50H,4-7,10-13,15-17,19-23,25-26,28-29,31-33,35-41H2,1-3H3,(H,53,54)/b9-8-,18-14-,27-24-,34-30+/t43-,44-,45+/m0/s1. The van der Waals surface area contributed by atoms with Gasteiger partial charge in [0, 0.05) is 12.8 Å². The third-order valence-electron chi connectivity index (χ3n) is 9.77. The second kappa shape index (κ2) is 41.3. The highest BCUT2D eigenvalue weighted by Gasteiger charge is 2.27. The molecule has 4 N–H and O–H groups in total. The molecule has 0 saturated heterocycles. The first-order chi connectivity index (χ1) is 28.5. The minimum atomic E-state index is -4.67. The SMILES string of the molecule is CCCCC/C=C\C/C=C\C/C=C\C=C\[C@H](O)CCCC(=O)O[C@H](COC(=O)CCCCCCCCCCCCCCCCCC(C)C)COP(=O)(O)OC[C@@H](O)CO. The van der Waals surface area contributed by atoms with Gasteiger partial charge in [-0.1, -0.05) is 179 Å².